The molecule has 0 spiro atoms. The fourth-order valence-corrected chi connectivity index (χ4v) is 3.90. The summed E-state index contributed by atoms with van der Waals surface area (Å²) in [5.74, 6) is 0.554. The zero-order valence-corrected chi connectivity index (χ0v) is 12.4. The molecule has 0 aliphatic carbocycles. The summed E-state index contributed by atoms with van der Waals surface area (Å²) in [6.07, 6.45) is 0.451. The standard InChI is InChI=1S/C14H15N3O3S/c1-10-15-13-7-8-17(9-12(13)14(18)16-10)21(19,20)11-5-3-2-4-6-11/h2-6H,7-9H2,1H3,(H,15,16,18). The number of aromatic amines is 1. The number of aryl methyl sites for hydroxylation is 1. The van der Waals surface area contributed by atoms with Gasteiger partial charge in [0.1, 0.15) is 5.82 Å². The van der Waals surface area contributed by atoms with Crippen LogP contribution in [0.1, 0.15) is 17.1 Å². The van der Waals surface area contributed by atoms with Crippen LogP contribution in [0.3, 0.4) is 0 Å². The first-order chi connectivity index (χ1) is 9.98. The van der Waals surface area contributed by atoms with E-state index in [1.54, 1.807) is 37.3 Å². The monoisotopic (exact) mass is 305 g/mol. The van der Waals surface area contributed by atoms with Crippen LogP contribution >= 0.6 is 0 Å². The number of aromatic nitrogens is 2. The van der Waals surface area contributed by atoms with E-state index in [-0.39, 0.29) is 17.0 Å². The van der Waals surface area contributed by atoms with Gasteiger partial charge in [-0.3, -0.25) is 4.79 Å². The molecule has 0 bridgehead atoms. The Bertz CT molecular complexity index is 828. The van der Waals surface area contributed by atoms with Gasteiger partial charge < -0.3 is 4.98 Å². The van der Waals surface area contributed by atoms with Crippen LogP contribution in [0.15, 0.2) is 40.0 Å². The average Bonchev–Trinajstić information content (AvgIpc) is 2.47. The lowest BCUT2D eigenvalue weighted by Crippen LogP contribution is -2.39. The van der Waals surface area contributed by atoms with Crippen LogP contribution in [-0.2, 0) is 23.0 Å². The van der Waals surface area contributed by atoms with E-state index in [9.17, 15) is 13.2 Å². The number of sulfonamides is 1. The molecule has 1 aromatic heterocycles. The quantitative estimate of drug-likeness (QED) is 0.890. The van der Waals surface area contributed by atoms with Gasteiger partial charge in [0.2, 0.25) is 10.0 Å². The van der Waals surface area contributed by atoms with Crippen molar-refractivity contribution in [1.29, 1.82) is 0 Å². The van der Waals surface area contributed by atoms with E-state index in [1.807, 2.05) is 0 Å². The summed E-state index contributed by atoms with van der Waals surface area (Å²) < 4.78 is 26.5. The predicted molar refractivity (Wildman–Crippen MR) is 77.3 cm³/mol. The average molecular weight is 305 g/mol. The molecule has 2 aromatic rings. The molecule has 110 valence electrons. The number of hydrogen-bond acceptors (Lipinski definition) is 4. The third-order valence-electron chi connectivity index (χ3n) is 3.53. The van der Waals surface area contributed by atoms with Crippen molar-refractivity contribution >= 4 is 10.0 Å². The zero-order valence-electron chi connectivity index (χ0n) is 11.5. The van der Waals surface area contributed by atoms with E-state index in [0.717, 1.165) is 0 Å². The number of benzene rings is 1. The third kappa shape index (κ3) is 2.50. The third-order valence-corrected chi connectivity index (χ3v) is 5.39. The smallest absolute Gasteiger partial charge is 0.255 e. The molecule has 3 rings (SSSR count). The van der Waals surface area contributed by atoms with Crippen molar-refractivity contribution < 1.29 is 8.42 Å². The molecule has 2 heterocycles. The highest BCUT2D eigenvalue weighted by Gasteiger charge is 2.30. The van der Waals surface area contributed by atoms with Crippen molar-refractivity contribution in [2.75, 3.05) is 6.54 Å². The van der Waals surface area contributed by atoms with Crippen LogP contribution in [0, 0.1) is 6.92 Å². The Morgan fingerprint density at radius 2 is 1.95 bits per heavy atom. The SMILES string of the molecule is Cc1nc2c(c(=O)[nH]1)CN(S(=O)(=O)c1ccccc1)CC2. The molecule has 6 nitrogen and oxygen atoms in total. The lowest BCUT2D eigenvalue weighted by atomic mass is 10.1. The van der Waals surface area contributed by atoms with Crippen LogP contribution < -0.4 is 5.56 Å². The summed E-state index contributed by atoms with van der Waals surface area (Å²) >= 11 is 0. The highest BCUT2D eigenvalue weighted by Crippen LogP contribution is 2.22. The molecule has 0 unspecified atom stereocenters. The van der Waals surface area contributed by atoms with Gasteiger partial charge in [-0.1, -0.05) is 18.2 Å². The van der Waals surface area contributed by atoms with Crippen molar-refractivity contribution in [1.82, 2.24) is 14.3 Å². The number of hydrogen-bond donors (Lipinski definition) is 1. The maximum atomic E-state index is 12.6. The first-order valence-electron chi connectivity index (χ1n) is 6.62. The van der Waals surface area contributed by atoms with Crippen molar-refractivity contribution in [3.63, 3.8) is 0 Å². The second-order valence-electron chi connectivity index (χ2n) is 4.98. The number of nitrogens with zero attached hydrogens (tertiary/aromatic N) is 2. The number of nitrogens with one attached hydrogen (secondary N) is 1. The van der Waals surface area contributed by atoms with Crippen molar-refractivity contribution in [2.45, 2.75) is 24.8 Å². The summed E-state index contributed by atoms with van der Waals surface area (Å²) in [7, 11) is -3.58. The molecule has 21 heavy (non-hydrogen) atoms. The van der Waals surface area contributed by atoms with Gasteiger partial charge in [-0.2, -0.15) is 4.31 Å². The lowest BCUT2D eigenvalue weighted by molar-refractivity contribution is 0.384. The Morgan fingerprint density at radius 1 is 1.24 bits per heavy atom. The van der Waals surface area contributed by atoms with Gasteiger partial charge in [0.05, 0.1) is 16.2 Å². The van der Waals surface area contributed by atoms with Gasteiger partial charge in [-0.15, -0.1) is 0 Å². The van der Waals surface area contributed by atoms with Gasteiger partial charge in [0, 0.05) is 19.5 Å². The molecule has 1 aliphatic heterocycles. The topological polar surface area (TPSA) is 83.1 Å². The first-order valence-corrected chi connectivity index (χ1v) is 8.06. The second kappa shape index (κ2) is 5.09. The van der Waals surface area contributed by atoms with Crippen molar-refractivity contribution in [3.05, 3.63) is 57.8 Å². The van der Waals surface area contributed by atoms with Crippen LogP contribution in [0.2, 0.25) is 0 Å². The molecule has 0 saturated heterocycles. The van der Waals surface area contributed by atoms with E-state index in [2.05, 4.69) is 9.97 Å². The molecule has 0 radical (unpaired) electrons. The van der Waals surface area contributed by atoms with E-state index in [0.29, 0.717) is 30.0 Å². The van der Waals surface area contributed by atoms with E-state index in [1.165, 1.54) is 4.31 Å². The van der Waals surface area contributed by atoms with E-state index >= 15 is 0 Å². The highest BCUT2D eigenvalue weighted by molar-refractivity contribution is 7.89. The molecule has 0 amide bonds. The van der Waals surface area contributed by atoms with Gasteiger partial charge in [-0.05, 0) is 19.1 Å². The summed E-state index contributed by atoms with van der Waals surface area (Å²) in [4.78, 5) is 19.1. The summed E-state index contributed by atoms with van der Waals surface area (Å²) in [5, 5.41) is 0. The molecule has 1 aromatic carbocycles. The maximum Gasteiger partial charge on any atom is 0.255 e. The zero-order chi connectivity index (χ0) is 15.0. The second-order valence-corrected chi connectivity index (χ2v) is 6.92. The summed E-state index contributed by atoms with van der Waals surface area (Å²) in [5.41, 5.74) is 0.868. The Hall–Kier alpha value is -1.99. The Balaban J connectivity index is 1.99. The first kappa shape index (κ1) is 14.0. The number of fused-ring (bicyclic) bond motifs is 1. The van der Waals surface area contributed by atoms with Crippen LogP contribution in [-0.4, -0.2) is 29.2 Å². The Kier molecular flexibility index (Phi) is 3.38. The van der Waals surface area contributed by atoms with Gasteiger partial charge in [-0.25, -0.2) is 13.4 Å². The van der Waals surface area contributed by atoms with Gasteiger partial charge in [0.15, 0.2) is 0 Å². The lowest BCUT2D eigenvalue weighted by Gasteiger charge is -2.27. The molecule has 1 aliphatic rings. The molecule has 0 fully saturated rings. The van der Waals surface area contributed by atoms with Crippen LogP contribution in [0.5, 0.6) is 0 Å². The minimum atomic E-state index is -3.58. The van der Waals surface area contributed by atoms with Gasteiger partial charge >= 0.3 is 0 Å². The minimum absolute atomic E-state index is 0.0647. The number of rotatable bonds is 2. The summed E-state index contributed by atoms with van der Waals surface area (Å²) in [6, 6.07) is 8.25. The normalized spacial score (nSPS) is 15.7. The molecule has 0 atom stereocenters. The molecular weight excluding hydrogens is 290 g/mol. The fraction of sp³-hybridized carbons (Fsp3) is 0.286. The Morgan fingerprint density at radius 3 is 2.67 bits per heavy atom. The fourth-order valence-electron chi connectivity index (χ4n) is 2.47. The van der Waals surface area contributed by atoms with Crippen molar-refractivity contribution in [2.24, 2.45) is 0 Å². The maximum absolute atomic E-state index is 12.6. The summed E-state index contributed by atoms with van der Waals surface area (Å²) in [6.45, 7) is 2.12. The minimum Gasteiger partial charge on any atom is -0.310 e. The van der Waals surface area contributed by atoms with E-state index < -0.39 is 10.0 Å². The Labute approximate surface area is 122 Å². The van der Waals surface area contributed by atoms with Gasteiger partial charge in [0.25, 0.3) is 5.56 Å². The largest absolute Gasteiger partial charge is 0.310 e. The highest BCUT2D eigenvalue weighted by atomic mass is 32.2. The molecular formula is C14H15N3O3S. The molecule has 1 N–H and O–H groups in total. The predicted octanol–water partition coefficient (Wildman–Crippen LogP) is 0.825. The van der Waals surface area contributed by atoms with Crippen LogP contribution in [0.25, 0.3) is 0 Å². The number of H-pyrrole nitrogens is 1. The molecule has 7 heteroatoms. The van der Waals surface area contributed by atoms with Crippen LogP contribution in [0.4, 0.5) is 0 Å². The van der Waals surface area contributed by atoms with E-state index in [4.69, 9.17) is 0 Å². The van der Waals surface area contributed by atoms with Crippen molar-refractivity contribution in [3.8, 4) is 0 Å². The molecule has 0 saturated carbocycles.